The smallest absolute Gasteiger partial charge is 0.125 e. The summed E-state index contributed by atoms with van der Waals surface area (Å²) in [4.78, 5) is 0. The van der Waals surface area contributed by atoms with Crippen molar-refractivity contribution >= 4 is 0 Å². The minimum atomic E-state index is -0.675. The van der Waals surface area contributed by atoms with Gasteiger partial charge in [-0.1, -0.05) is 39.0 Å². The lowest BCUT2D eigenvalue weighted by molar-refractivity contribution is -0.128. The van der Waals surface area contributed by atoms with E-state index in [9.17, 15) is 5.11 Å². The van der Waals surface area contributed by atoms with E-state index >= 15 is 0 Å². The van der Waals surface area contributed by atoms with Crippen LogP contribution in [0.2, 0.25) is 0 Å². The molecular formula is C17H28O3. The Hall–Kier alpha value is -1.06. The number of aliphatic hydroxyl groups is 1. The summed E-state index contributed by atoms with van der Waals surface area (Å²) in [6.45, 7) is 9.39. The number of hydrogen-bond donors (Lipinski definition) is 1. The van der Waals surface area contributed by atoms with Crippen molar-refractivity contribution in [2.24, 2.45) is 0 Å². The van der Waals surface area contributed by atoms with Crippen molar-refractivity contribution in [3.63, 3.8) is 0 Å². The molecule has 0 bridgehead atoms. The van der Waals surface area contributed by atoms with Gasteiger partial charge >= 0.3 is 0 Å². The lowest BCUT2D eigenvalue weighted by Gasteiger charge is -2.37. The summed E-state index contributed by atoms with van der Waals surface area (Å²) in [6.07, 6.45) is 1.80. The molecule has 1 aromatic carbocycles. The molecule has 1 rings (SSSR count). The normalized spacial score (nSPS) is 13.2. The highest BCUT2D eigenvalue weighted by Gasteiger charge is 2.37. The lowest BCUT2D eigenvalue weighted by atomic mass is 9.85. The highest BCUT2D eigenvalue weighted by atomic mass is 16.5. The molecule has 0 saturated heterocycles. The van der Waals surface area contributed by atoms with E-state index in [0.29, 0.717) is 13.2 Å². The number of ether oxygens (including phenoxy) is 2. The Balaban J connectivity index is 3.07. The summed E-state index contributed by atoms with van der Waals surface area (Å²) in [7, 11) is 0. The van der Waals surface area contributed by atoms with Crippen LogP contribution in [0.1, 0.15) is 58.6 Å². The van der Waals surface area contributed by atoms with Gasteiger partial charge in [0, 0.05) is 12.2 Å². The molecule has 3 heteroatoms. The summed E-state index contributed by atoms with van der Waals surface area (Å²) in [6, 6.07) is 7.70. The first-order chi connectivity index (χ1) is 9.65. The van der Waals surface area contributed by atoms with Crippen LogP contribution in [0.5, 0.6) is 5.75 Å². The average molecular weight is 280 g/mol. The number of hydrogen-bond acceptors (Lipinski definition) is 3. The summed E-state index contributed by atoms with van der Waals surface area (Å²) < 4.78 is 11.7. The third-order valence-corrected chi connectivity index (χ3v) is 3.80. The molecule has 0 radical (unpaired) electrons. The highest BCUT2D eigenvalue weighted by molar-refractivity contribution is 5.36. The van der Waals surface area contributed by atoms with Gasteiger partial charge in [-0.25, -0.2) is 0 Å². The maximum absolute atomic E-state index is 10.8. The van der Waals surface area contributed by atoms with E-state index < -0.39 is 11.7 Å². The molecule has 3 nitrogen and oxygen atoms in total. The van der Waals surface area contributed by atoms with E-state index in [4.69, 9.17) is 9.47 Å². The van der Waals surface area contributed by atoms with Gasteiger partial charge in [-0.15, -0.1) is 0 Å². The summed E-state index contributed by atoms with van der Waals surface area (Å²) >= 11 is 0. The second kappa shape index (κ2) is 8.28. The Labute approximate surface area is 122 Å². The molecular weight excluding hydrogens is 252 g/mol. The lowest BCUT2D eigenvalue weighted by Crippen LogP contribution is -2.38. The largest absolute Gasteiger partial charge is 0.493 e. The van der Waals surface area contributed by atoms with Crippen LogP contribution in [0.25, 0.3) is 0 Å². The van der Waals surface area contributed by atoms with Crippen LogP contribution >= 0.6 is 0 Å². The predicted octanol–water partition coefficient (Wildman–Crippen LogP) is 4.10. The molecule has 0 spiro atoms. The SMILES string of the molecule is CCCOc1ccccc1C(O)C(CC)(CC)OCC. The van der Waals surface area contributed by atoms with Crippen LogP contribution in [-0.4, -0.2) is 23.9 Å². The molecule has 0 heterocycles. The van der Waals surface area contributed by atoms with Crippen LogP contribution in [0.4, 0.5) is 0 Å². The summed E-state index contributed by atoms with van der Waals surface area (Å²) in [5.41, 5.74) is 0.276. The van der Waals surface area contributed by atoms with Crippen LogP contribution in [0, 0.1) is 0 Å². The first kappa shape index (κ1) is 17.0. The van der Waals surface area contributed by atoms with Gasteiger partial charge in [0.15, 0.2) is 0 Å². The van der Waals surface area contributed by atoms with Crippen molar-refractivity contribution in [1.29, 1.82) is 0 Å². The fourth-order valence-corrected chi connectivity index (χ4v) is 2.54. The number of para-hydroxylation sites is 1. The highest BCUT2D eigenvalue weighted by Crippen LogP contribution is 2.39. The van der Waals surface area contributed by atoms with Gasteiger partial charge < -0.3 is 14.6 Å². The molecule has 0 amide bonds. The zero-order valence-corrected chi connectivity index (χ0v) is 13.2. The molecule has 1 unspecified atom stereocenters. The molecule has 0 saturated carbocycles. The van der Waals surface area contributed by atoms with Crippen molar-refractivity contribution in [2.75, 3.05) is 13.2 Å². The molecule has 0 aliphatic heterocycles. The van der Waals surface area contributed by atoms with Crippen molar-refractivity contribution < 1.29 is 14.6 Å². The van der Waals surface area contributed by atoms with Crippen LogP contribution in [-0.2, 0) is 4.74 Å². The van der Waals surface area contributed by atoms with E-state index in [1.54, 1.807) is 0 Å². The molecule has 114 valence electrons. The van der Waals surface area contributed by atoms with Crippen LogP contribution in [0.15, 0.2) is 24.3 Å². The van der Waals surface area contributed by atoms with E-state index in [1.807, 2.05) is 31.2 Å². The van der Waals surface area contributed by atoms with Gasteiger partial charge in [0.05, 0.1) is 12.2 Å². The molecule has 20 heavy (non-hydrogen) atoms. The molecule has 1 N–H and O–H groups in total. The number of rotatable bonds is 9. The Morgan fingerprint density at radius 2 is 1.75 bits per heavy atom. The predicted molar refractivity (Wildman–Crippen MR) is 82.1 cm³/mol. The topological polar surface area (TPSA) is 38.7 Å². The van der Waals surface area contributed by atoms with Crippen molar-refractivity contribution in [2.45, 2.75) is 58.7 Å². The number of benzene rings is 1. The van der Waals surface area contributed by atoms with Crippen molar-refractivity contribution in [3.8, 4) is 5.75 Å². The first-order valence-corrected chi connectivity index (χ1v) is 7.68. The summed E-state index contributed by atoms with van der Waals surface area (Å²) in [5, 5.41) is 10.8. The molecule has 0 aliphatic rings. The van der Waals surface area contributed by atoms with Crippen molar-refractivity contribution in [3.05, 3.63) is 29.8 Å². The minimum absolute atomic E-state index is 0.541. The van der Waals surface area contributed by atoms with Gasteiger partial charge in [0.2, 0.25) is 0 Å². The molecule has 0 fully saturated rings. The Bertz CT molecular complexity index is 386. The van der Waals surface area contributed by atoms with E-state index in [1.165, 1.54) is 0 Å². The van der Waals surface area contributed by atoms with Gasteiger partial charge in [0.25, 0.3) is 0 Å². The van der Waals surface area contributed by atoms with E-state index in [2.05, 4.69) is 20.8 Å². The van der Waals surface area contributed by atoms with E-state index in [0.717, 1.165) is 30.6 Å². The fourth-order valence-electron chi connectivity index (χ4n) is 2.54. The van der Waals surface area contributed by atoms with Crippen molar-refractivity contribution in [1.82, 2.24) is 0 Å². The Kier molecular flexibility index (Phi) is 7.03. The second-order valence-electron chi connectivity index (χ2n) is 4.99. The maximum atomic E-state index is 10.8. The third kappa shape index (κ3) is 3.74. The third-order valence-electron chi connectivity index (χ3n) is 3.80. The second-order valence-corrected chi connectivity index (χ2v) is 4.99. The standard InChI is InChI=1S/C17H28O3/c1-5-13-19-15-12-10-9-11-14(15)16(18)17(6-2,7-3)20-8-4/h9-12,16,18H,5-8,13H2,1-4H3. The number of aliphatic hydroxyl groups excluding tert-OH is 1. The van der Waals surface area contributed by atoms with Gasteiger partial charge in [-0.2, -0.15) is 0 Å². The molecule has 0 aromatic heterocycles. The van der Waals surface area contributed by atoms with Crippen LogP contribution in [0.3, 0.4) is 0 Å². The van der Waals surface area contributed by atoms with Crippen LogP contribution < -0.4 is 4.74 Å². The average Bonchev–Trinajstić information content (AvgIpc) is 2.50. The Morgan fingerprint density at radius 1 is 1.10 bits per heavy atom. The van der Waals surface area contributed by atoms with Gasteiger partial charge in [0.1, 0.15) is 11.9 Å². The zero-order chi connectivity index (χ0) is 15.0. The fraction of sp³-hybridized carbons (Fsp3) is 0.647. The molecule has 1 atom stereocenters. The van der Waals surface area contributed by atoms with Gasteiger partial charge in [-0.3, -0.25) is 0 Å². The van der Waals surface area contributed by atoms with E-state index in [-0.39, 0.29) is 0 Å². The van der Waals surface area contributed by atoms with Gasteiger partial charge in [-0.05, 0) is 32.3 Å². The maximum Gasteiger partial charge on any atom is 0.125 e. The first-order valence-electron chi connectivity index (χ1n) is 7.68. The molecule has 0 aliphatic carbocycles. The minimum Gasteiger partial charge on any atom is -0.493 e. The quantitative estimate of drug-likeness (QED) is 0.740. The zero-order valence-electron chi connectivity index (χ0n) is 13.2. The summed E-state index contributed by atoms with van der Waals surface area (Å²) in [5.74, 6) is 0.757. The Morgan fingerprint density at radius 3 is 2.30 bits per heavy atom. The monoisotopic (exact) mass is 280 g/mol. The molecule has 1 aromatic rings.